The van der Waals surface area contributed by atoms with E-state index in [1.807, 2.05) is 24.4 Å². The molecule has 2 aromatic rings. The van der Waals surface area contributed by atoms with Crippen LogP contribution in [0.3, 0.4) is 0 Å². The third kappa shape index (κ3) is 5.53. The average molecular weight is 363 g/mol. The number of hydrogen-bond acceptors (Lipinski definition) is 6. The van der Waals surface area contributed by atoms with E-state index in [4.69, 9.17) is 4.74 Å². The van der Waals surface area contributed by atoms with Crippen LogP contribution >= 0.6 is 11.3 Å². The van der Waals surface area contributed by atoms with Crippen molar-refractivity contribution in [2.45, 2.75) is 32.9 Å². The summed E-state index contributed by atoms with van der Waals surface area (Å²) < 4.78 is 6.27. The molecular formula is C17H21N3O4S. The first-order valence-electron chi connectivity index (χ1n) is 8.03. The van der Waals surface area contributed by atoms with Crippen LogP contribution < -0.4 is 5.56 Å². The molecule has 0 aliphatic carbocycles. The lowest BCUT2D eigenvalue weighted by Gasteiger charge is -2.16. The lowest BCUT2D eigenvalue weighted by atomic mass is 10.3. The molecule has 0 aliphatic rings. The van der Waals surface area contributed by atoms with Crippen molar-refractivity contribution in [3.05, 3.63) is 50.6 Å². The molecule has 0 saturated heterocycles. The summed E-state index contributed by atoms with van der Waals surface area (Å²) in [6.45, 7) is 2.55. The number of amides is 1. The fraction of sp³-hybridized carbons (Fsp3) is 0.412. The molecule has 1 amide bonds. The second-order valence-electron chi connectivity index (χ2n) is 5.54. The van der Waals surface area contributed by atoms with E-state index < -0.39 is 5.97 Å². The normalized spacial score (nSPS) is 10.5. The molecule has 0 radical (unpaired) electrons. The summed E-state index contributed by atoms with van der Waals surface area (Å²) in [5.74, 6) is -1.02. The van der Waals surface area contributed by atoms with Gasteiger partial charge in [0, 0.05) is 24.5 Å². The molecule has 0 bridgehead atoms. The Morgan fingerprint density at radius 3 is 2.80 bits per heavy atom. The van der Waals surface area contributed by atoms with Crippen molar-refractivity contribution in [3.8, 4) is 0 Å². The first-order chi connectivity index (χ1) is 12.0. The molecule has 0 spiro atoms. The molecular weight excluding hydrogens is 342 g/mol. The number of rotatable bonds is 8. The predicted molar refractivity (Wildman–Crippen MR) is 94.5 cm³/mol. The van der Waals surface area contributed by atoms with Crippen molar-refractivity contribution in [3.63, 3.8) is 0 Å². The van der Waals surface area contributed by atoms with E-state index in [0.29, 0.717) is 13.1 Å². The van der Waals surface area contributed by atoms with Gasteiger partial charge in [0.1, 0.15) is 0 Å². The van der Waals surface area contributed by atoms with E-state index in [-0.39, 0.29) is 23.8 Å². The Labute approximate surface area is 149 Å². The fourth-order valence-electron chi connectivity index (χ4n) is 2.06. The molecule has 0 aliphatic heterocycles. The molecule has 8 heteroatoms. The lowest BCUT2D eigenvalue weighted by Crippen LogP contribution is -2.31. The number of hydrogen-bond donors (Lipinski definition) is 0. The van der Waals surface area contributed by atoms with Crippen molar-refractivity contribution in [2.75, 3.05) is 13.7 Å². The third-order valence-corrected chi connectivity index (χ3v) is 4.39. The van der Waals surface area contributed by atoms with Gasteiger partial charge in [0.25, 0.3) is 11.5 Å². The van der Waals surface area contributed by atoms with Gasteiger partial charge in [-0.25, -0.2) is 9.48 Å². The molecule has 2 rings (SSSR count). The Bertz CT molecular complexity index is 770. The molecule has 0 fully saturated rings. The number of unbranched alkanes of at least 4 members (excludes halogenated alkanes) is 1. The van der Waals surface area contributed by atoms with Crippen LogP contribution in [0.15, 0.2) is 34.4 Å². The van der Waals surface area contributed by atoms with Crippen LogP contribution in [0.2, 0.25) is 0 Å². The van der Waals surface area contributed by atoms with E-state index in [1.54, 1.807) is 18.4 Å². The largest absolute Gasteiger partial charge is 0.451 e. The van der Waals surface area contributed by atoms with Crippen LogP contribution in [-0.2, 0) is 22.6 Å². The van der Waals surface area contributed by atoms with E-state index in [9.17, 15) is 14.4 Å². The van der Waals surface area contributed by atoms with Crippen LogP contribution in [0, 0.1) is 0 Å². The minimum Gasteiger partial charge on any atom is -0.451 e. The van der Waals surface area contributed by atoms with Gasteiger partial charge in [-0.2, -0.15) is 5.10 Å². The van der Waals surface area contributed by atoms with Crippen LogP contribution in [-0.4, -0.2) is 40.2 Å². The maximum atomic E-state index is 12.1. The maximum Gasteiger partial charge on any atom is 0.359 e. The fourth-order valence-corrected chi connectivity index (χ4v) is 2.82. The second-order valence-corrected chi connectivity index (χ2v) is 6.57. The van der Waals surface area contributed by atoms with Gasteiger partial charge in [0.05, 0.1) is 6.54 Å². The summed E-state index contributed by atoms with van der Waals surface area (Å²) in [5, 5.41) is 5.94. The zero-order chi connectivity index (χ0) is 18.2. The first-order valence-corrected chi connectivity index (χ1v) is 8.91. The van der Waals surface area contributed by atoms with Gasteiger partial charge in [-0.15, -0.1) is 11.3 Å². The summed E-state index contributed by atoms with van der Waals surface area (Å²) in [7, 11) is 1.65. The number of likely N-dealkylation sites (N-methyl/N-ethyl adjacent to an activating group) is 1. The number of aryl methyl sites for hydroxylation is 1. The van der Waals surface area contributed by atoms with E-state index in [0.717, 1.165) is 17.7 Å². The molecule has 0 saturated carbocycles. The highest BCUT2D eigenvalue weighted by molar-refractivity contribution is 7.09. The number of nitrogens with zero attached hydrogens (tertiary/aromatic N) is 3. The Hall–Kier alpha value is -2.48. The zero-order valence-electron chi connectivity index (χ0n) is 14.3. The van der Waals surface area contributed by atoms with Crippen molar-refractivity contribution >= 4 is 23.2 Å². The third-order valence-electron chi connectivity index (χ3n) is 3.52. The molecule has 0 N–H and O–H groups in total. The zero-order valence-corrected chi connectivity index (χ0v) is 15.1. The van der Waals surface area contributed by atoms with Crippen molar-refractivity contribution in [1.29, 1.82) is 0 Å². The van der Waals surface area contributed by atoms with Crippen molar-refractivity contribution < 1.29 is 14.3 Å². The number of aromatic nitrogens is 2. The SMILES string of the molecule is CCCCn1nc(C(=O)OCC(=O)N(C)Cc2cccs2)ccc1=O. The quantitative estimate of drug-likeness (QED) is 0.669. The lowest BCUT2D eigenvalue weighted by molar-refractivity contribution is -0.133. The van der Waals surface area contributed by atoms with Gasteiger partial charge in [0.2, 0.25) is 0 Å². The minimum absolute atomic E-state index is 0.0180. The molecule has 0 unspecified atom stereocenters. The van der Waals surface area contributed by atoms with Gasteiger partial charge in [0.15, 0.2) is 12.3 Å². The van der Waals surface area contributed by atoms with Crippen molar-refractivity contribution in [1.82, 2.24) is 14.7 Å². The molecule has 2 aromatic heterocycles. The Kier molecular flexibility index (Phi) is 6.88. The van der Waals surface area contributed by atoms with Gasteiger partial charge in [-0.1, -0.05) is 19.4 Å². The number of thiophene rings is 1. The standard InChI is InChI=1S/C17H21N3O4S/c1-3-4-9-20-15(21)8-7-14(18-20)17(23)24-12-16(22)19(2)11-13-6-5-10-25-13/h5-8,10H,3-4,9,11-12H2,1-2H3. The molecule has 0 aromatic carbocycles. The van der Waals surface area contributed by atoms with E-state index in [2.05, 4.69) is 5.10 Å². The predicted octanol–water partition coefficient (Wildman–Crippen LogP) is 1.92. The van der Waals surface area contributed by atoms with Gasteiger partial charge in [-0.05, 0) is 23.9 Å². The van der Waals surface area contributed by atoms with Crippen LogP contribution in [0.5, 0.6) is 0 Å². The molecule has 7 nitrogen and oxygen atoms in total. The maximum absolute atomic E-state index is 12.1. The Balaban J connectivity index is 1.91. The summed E-state index contributed by atoms with van der Waals surface area (Å²) in [4.78, 5) is 38.3. The highest BCUT2D eigenvalue weighted by atomic mass is 32.1. The molecule has 0 atom stereocenters. The van der Waals surface area contributed by atoms with Gasteiger partial charge >= 0.3 is 5.97 Å². The summed E-state index contributed by atoms with van der Waals surface area (Å²) in [6.07, 6.45) is 1.70. The van der Waals surface area contributed by atoms with E-state index in [1.165, 1.54) is 21.7 Å². The topological polar surface area (TPSA) is 81.5 Å². The highest BCUT2D eigenvalue weighted by Crippen LogP contribution is 2.11. The van der Waals surface area contributed by atoms with Gasteiger partial charge < -0.3 is 9.64 Å². The molecule has 2 heterocycles. The Morgan fingerprint density at radius 1 is 1.32 bits per heavy atom. The summed E-state index contributed by atoms with van der Waals surface area (Å²) in [5.41, 5.74) is -0.249. The average Bonchev–Trinajstić information content (AvgIpc) is 3.11. The molecule has 25 heavy (non-hydrogen) atoms. The monoisotopic (exact) mass is 363 g/mol. The van der Waals surface area contributed by atoms with Crippen LogP contribution in [0.1, 0.15) is 35.1 Å². The number of ether oxygens (including phenoxy) is 1. The number of carbonyl (C=O) groups excluding carboxylic acids is 2. The van der Waals surface area contributed by atoms with E-state index >= 15 is 0 Å². The van der Waals surface area contributed by atoms with Crippen LogP contribution in [0.25, 0.3) is 0 Å². The summed E-state index contributed by atoms with van der Waals surface area (Å²) >= 11 is 1.56. The summed E-state index contributed by atoms with van der Waals surface area (Å²) in [6, 6.07) is 6.44. The number of esters is 1. The molecule has 134 valence electrons. The second kappa shape index (κ2) is 9.12. The first kappa shape index (κ1) is 18.9. The smallest absolute Gasteiger partial charge is 0.359 e. The Morgan fingerprint density at radius 2 is 2.12 bits per heavy atom. The van der Waals surface area contributed by atoms with Crippen molar-refractivity contribution in [2.24, 2.45) is 0 Å². The number of carbonyl (C=O) groups is 2. The minimum atomic E-state index is -0.719. The highest BCUT2D eigenvalue weighted by Gasteiger charge is 2.16. The van der Waals surface area contributed by atoms with Gasteiger partial charge in [-0.3, -0.25) is 9.59 Å². The van der Waals surface area contributed by atoms with Crippen LogP contribution in [0.4, 0.5) is 0 Å².